The van der Waals surface area contributed by atoms with Gasteiger partial charge < -0.3 is 44.5 Å². The number of carboxylic acids is 2. The fourth-order valence-corrected chi connectivity index (χ4v) is 13.3. The average molecular weight is 1210 g/mol. The van der Waals surface area contributed by atoms with Gasteiger partial charge >= 0.3 is 11.9 Å². The predicted octanol–water partition coefficient (Wildman–Crippen LogP) is 13.3. The summed E-state index contributed by atoms with van der Waals surface area (Å²) in [6.45, 7) is 16.7. The molecule has 2 aliphatic heterocycles. The number of benzene rings is 6. The van der Waals surface area contributed by atoms with Crippen molar-refractivity contribution in [2.24, 2.45) is 0 Å². The molecule has 6 heterocycles. The Morgan fingerprint density at radius 1 is 0.609 bits per heavy atom. The highest BCUT2D eigenvalue weighted by Crippen LogP contribution is 2.49. The summed E-state index contributed by atoms with van der Waals surface area (Å²) >= 11 is 2.47. The summed E-state index contributed by atoms with van der Waals surface area (Å²) < 4.78 is 30.9. The van der Waals surface area contributed by atoms with Crippen molar-refractivity contribution in [3.8, 4) is 39.5 Å². The fraction of sp³-hybridized carbons (Fsp3) is 0.294. The van der Waals surface area contributed by atoms with Gasteiger partial charge in [-0.3, -0.25) is 19.6 Å². The topological polar surface area (TPSA) is 231 Å². The molecule has 0 aliphatic carbocycles. The lowest BCUT2D eigenvalue weighted by Crippen LogP contribution is -2.28. The van der Waals surface area contributed by atoms with E-state index >= 15 is 0 Å². The molecule has 4 N–H and O–H groups in total. The van der Waals surface area contributed by atoms with Crippen LogP contribution in [-0.4, -0.2) is 92.0 Å². The van der Waals surface area contributed by atoms with E-state index in [4.69, 9.17) is 43.6 Å². The van der Waals surface area contributed by atoms with Crippen molar-refractivity contribution in [2.45, 2.75) is 105 Å². The Bertz CT molecular complexity index is 4300. The molecule has 446 valence electrons. The van der Waals surface area contributed by atoms with E-state index in [9.17, 15) is 29.4 Å². The lowest BCUT2D eigenvalue weighted by Gasteiger charge is -2.28. The van der Waals surface area contributed by atoms with Crippen molar-refractivity contribution in [1.82, 2.24) is 30.6 Å². The fourth-order valence-electron chi connectivity index (χ4n) is 11.2. The molecule has 0 unspecified atom stereocenters. The number of methoxy groups -OCH3 is 1. The number of carbonyl (C=O) groups is 4. The van der Waals surface area contributed by atoms with Gasteiger partial charge in [0.25, 0.3) is 11.8 Å². The van der Waals surface area contributed by atoms with Crippen LogP contribution in [0.5, 0.6) is 17.2 Å². The van der Waals surface area contributed by atoms with Crippen LogP contribution in [0.2, 0.25) is 0 Å². The van der Waals surface area contributed by atoms with E-state index in [1.807, 2.05) is 159 Å². The summed E-state index contributed by atoms with van der Waals surface area (Å²) in [4.78, 5) is 71.2. The standard InChI is InChI=1S/C34H33N3O6S.C34H33N3O5S/c1-18-16-23-30(44-32(37-23)31(38)36-17-19-6-8-21(41-5)9-7-19)27(25(18)29(33(39)40)43-34(2,3)4)22-10-11-24-26-20(13-15-42-24)12-14-35-28(22)26;1-19-18-23-30(43-32(37-23)31(38)36-15-12-20-8-6-5-7-9-20)27(25(19)29(33(39)40)42-34(2,3)4)22-10-11-24-26-21(14-17-41-24)13-16-35-28(22)26/h6-12,14,16,29H,13,15,17H2,1-5H3,(H,36,38)(H,39,40);5-11,13,16,18,29H,12,14-15,17H2,1-4H3,(H,36,38)(H,39,40)/t2*29-/m00/s1. The second-order valence-electron chi connectivity index (χ2n) is 23.4. The quantitative estimate of drug-likeness (QED) is 0.0705. The number of aromatic nitrogens is 4. The average Bonchev–Trinajstić information content (AvgIpc) is 1.77. The first-order valence-electron chi connectivity index (χ1n) is 28.6. The number of carbonyl (C=O) groups excluding carboxylic acids is 2. The Kier molecular flexibility index (Phi) is 16.8. The second-order valence-corrected chi connectivity index (χ2v) is 25.4. The lowest BCUT2D eigenvalue weighted by molar-refractivity contribution is -0.161. The van der Waals surface area contributed by atoms with Crippen molar-refractivity contribution >= 4 is 88.7 Å². The number of thiazole rings is 2. The summed E-state index contributed by atoms with van der Waals surface area (Å²) in [5.41, 5.74) is 10.7. The van der Waals surface area contributed by atoms with E-state index in [0.29, 0.717) is 103 Å². The smallest absolute Gasteiger partial charge is 0.337 e. The van der Waals surface area contributed by atoms with Crippen LogP contribution >= 0.6 is 22.7 Å². The van der Waals surface area contributed by atoms with E-state index in [2.05, 4.69) is 10.6 Å². The number of pyridine rings is 2. The zero-order valence-corrected chi connectivity index (χ0v) is 51.4. The van der Waals surface area contributed by atoms with Gasteiger partial charge in [-0.15, -0.1) is 22.7 Å². The number of rotatable bonds is 16. The third kappa shape index (κ3) is 12.6. The van der Waals surface area contributed by atoms with Crippen molar-refractivity contribution in [2.75, 3.05) is 26.9 Å². The van der Waals surface area contributed by atoms with E-state index in [-0.39, 0.29) is 16.8 Å². The highest BCUT2D eigenvalue weighted by molar-refractivity contribution is 7.21. The number of amides is 2. The number of carboxylic acid groups (broad SMARTS) is 2. The molecule has 2 atom stereocenters. The minimum Gasteiger partial charge on any atom is -0.497 e. The minimum absolute atomic E-state index is 0.272. The predicted molar refractivity (Wildman–Crippen MR) is 338 cm³/mol. The molecule has 0 saturated carbocycles. The van der Waals surface area contributed by atoms with Crippen LogP contribution in [0.3, 0.4) is 0 Å². The van der Waals surface area contributed by atoms with E-state index in [1.165, 1.54) is 22.7 Å². The summed E-state index contributed by atoms with van der Waals surface area (Å²) in [7, 11) is 1.61. The molecule has 4 aromatic heterocycles. The first-order chi connectivity index (χ1) is 41.6. The van der Waals surface area contributed by atoms with Gasteiger partial charge in [-0.05, 0) is 156 Å². The van der Waals surface area contributed by atoms with Crippen LogP contribution in [-0.2, 0) is 44.9 Å². The number of aliphatic carboxylic acids is 2. The Labute approximate surface area is 510 Å². The lowest BCUT2D eigenvalue weighted by atomic mass is 9.89. The molecule has 17 nitrogen and oxygen atoms in total. The SMILES string of the molecule is COc1ccc(CNC(=O)c2nc3cc(C)c([C@H](OC(C)(C)C)C(=O)O)c(-c4ccc5c6c(ccnc46)CCO5)c3s2)cc1.Cc1cc2nc(C(=O)NCCc3ccccc3)sc2c(-c2ccc3c4c(ccnc24)CCO3)c1[C@H](OC(C)(C)C)C(=O)O. The highest BCUT2D eigenvalue weighted by Gasteiger charge is 2.36. The number of nitrogens with zero attached hydrogens (tertiary/aromatic N) is 4. The first kappa shape index (κ1) is 59.8. The molecule has 87 heavy (non-hydrogen) atoms. The summed E-state index contributed by atoms with van der Waals surface area (Å²) in [6.07, 6.45) is 3.22. The third-order valence-electron chi connectivity index (χ3n) is 15.0. The normalized spacial score (nSPS) is 13.5. The molecule has 19 heteroatoms. The minimum atomic E-state index is -1.27. The molecule has 0 radical (unpaired) electrons. The van der Waals surface area contributed by atoms with Crippen LogP contribution in [0.4, 0.5) is 0 Å². The van der Waals surface area contributed by atoms with Crippen LogP contribution in [0.15, 0.2) is 116 Å². The van der Waals surface area contributed by atoms with Crippen LogP contribution < -0.4 is 24.8 Å². The van der Waals surface area contributed by atoms with Crippen LogP contribution in [0.25, 0.3) is 64.5 Å². The van der Waals surface area contributed by atoms with Crippen molar-refractivity contribution in [1.29, 1.82) is 0 Å². The number of aryl methyl sites for hydroxylation is 2. The monoisotopic (exact) mass is 1210 g/mol. The van der Waals surface area contributed by atoms with Gasteiger partial charge in [0, 0.05) is 82.5 Å². The Balaban J connectivity index is 0.000000180. The molecule has 0 fully saturated rings. The van der Waals surface area contributed by atoms with Gasteiger partial charge in [0.05, 0.1) is 63.0 Å². The first-order valence-corrected chi connectivity index (χ1v) is 30.3. The number of fused-ring (bicyclic) bond motifs is 2. The van der Waals surface area contributed by atoms with Gasteiger partial charge in [0.2, 0.25) is 0 Å². The molecule has 2 amide bonds. The Hall–Kier alpha value is -8.88. The molecular formula is C68H66N6O11S2. The van der Waals surface area contributed by atoms with Crippen molar-refractivity contribution in [3.63, 3.8) is 0 Å². The zero-order chi connectivity index (χ0) is 61.5. The summed E-state index contributed by atoms with van der Waals surface area (Å²) in [5.74, 6) is -0.567. The van der Waals surface area contributed by atoms with Gasteiger partial charge in [0.1, 0.15) is 17.2 Å². The number of hydrogen-bond donors (Lipinski definition) is 4. The van der Waals surface area contributed by atoms with E-state index in [1.54, 1.807) is 19.5 Å². The maximum atomic E-state index is 13.4. The molecule has 10 aromatic rings. The van der Waals surface area contributed by atoms with Crippen LogP contribution in [0, 0.1) is 13.8 Å². The maximum Gasteiger partial charge on any atom is 0.337 e. The molecule has 0 bridgehead atoms. The molecule has 12 rings (SSSR count). The maximum absolute atomic E-state index is 13.4. The second kappa shape index (κ2) is 24.5. The molecule has 6 aromatic carbocycles. The Morgan fingerprint density at radius 2 is 1.08 bits per heavy atom. The summed E-state index contributed by atoms with van der Waals surface area (Å²) in [5, 5.41) is 29.3. The third-order valence-corrected chi connectivity index (χ3v) is 17.2. The van der Waals surface area contributed by atoms with Crippen LogP contribution in [0.1, 0.15) is 118 Å². The van der Waals surface area contributed by atoms with Gasteiger partial charge in [-0.25, -0.2) is 19.6 Å². The van der Waals surface area contributed by atoms with Gasteiger partial charge in [0.15, 0.2) is 22.2 Å². The highest BCUT2D eigenvalue weighted by atomic mass is 32.1. The zero-order valence-electron chi connectivity index (χ0n) is 49.7. The molecule has 0 saturated heterocycles. The largest absolute Gasteiger partial charge is 0.497 e. The number of hydrogen-bond acceptors (Lipinski definition) is 15. The Morgan fingerprint density at radius 3 is 1.53 bits per heavy atom. The van der Waals surface area contributed by atoms with E-state index < -0.39 is 35.3 Å². The van der Waals surface area contributed by atoms with Crippen molar-refractivity contribution < 1.29 is 53.1 Å². The number of ether oxygens (including phenoxy) is 5. The van der Waals surface area contributed by atoms with Gasteiger partial charge in [-0.2, -0.15) is 0 Å². The number of nitrogens with one attached hydrogen (secondary N) is 2. The molecule has 0 spiro atoms. The summed E-state index contributed by atoms with van der Waals surface area (Å²) in [6, 6.07) is 32.7. The van der Waals surface area contributed by atoms with E-state index in [0.717, 1.165) is 74.2 Å². The van der Waals surface area contributed by atoms with Gasteiger partial charge in [-0.1, -0.05) is 42.5 Å². The molecule has 2 aliphatic rings. The van der Waals surface area contributed by atoms with Crippen molar-refractivity contribution in [3.05, 3.63) is 170 Å². The molecular weight excluding hydrogens is 1140 g/mol.